The molecule has 1 saturated heterocycles. The van der Waals surface area contributed by atoms with Crippen LogP contribution in [0.3, 0.4) is 0 Å². The molecule has 2 rings (SSSR count). The standard InChI is InChI=1S/C15H27N3O3S/c1-7-12-10(2)16-14(15(3,4)5)17-9-11(8-13(12)17)18(19)22(6,20)21/h10-11,19H,7-9H2,1-6H3/t10-,11-/m0/s1. The number of hydrogen-bond donors (Lipinski definition) is 1. The molecule has 0 amide bonds. The van der Waals surface area contributed by atoms with Crippen LogP contribution in [-0.2, 0) is 10.0 Å². The predicted molar refractivity (Wildman–Crippen MR) is 87.2 cm³/mol. The van der Waals surface area contributed by atoms with Gasteiger partial charge < -0.3 is 4.90 Å². The first-order valence-corrected chi connectivity index (χ1v) is 9.57. The Balaban J connectivity index is 2.42. The van der Waals surface area contributed by atoms with Crippen LogP contribution in [0.1, 0.15) is 47.5 Å². The number of amidine groups is 1. The zero-order chi connectivity index (χ0) is 16.9. The fourth-order valence-corrected chi connectivity index (χ4v) is 4.01. The molecule has 6 nitrogen and oxygen atoms in total. The molecule has 22 heavy (non-hydrogen) atoms. The molecule has 2 aliphatic heterocycles. The van der Waals surface area contributed by atoms with Gasteiger partial charge in [-0.15, -0.1) is 0 Å². The molecule has 0 spiro atoms. The lowest BCUT2D eigenvalue weighted by molar-refractivity contribution is -0.0299. The summed E-state index contributed by atoms with van der Waals surface area (Å²) in [6.07, 6.45) is 2.44. The summed E-state index contributed by atoms with van der Waals surface area (Å²) < 4.78 is 23.8. The second-order valence-corrected chi connectivity index (χ2v) is 9.05. The Labute approximate surface area is 133 Å². The van der Waals surface area contributed by atoms with Gasteiger partial charge in [0.2, 0.25) is 10.0 Å². The monoisotopic (exact) mass is 329 g/mol. The summed E-state index contributed by atoms with van der Waals surface area (Å²) in [6.45, 7) is 10.9. The van der Waals surface area contributed by atoms with Gasteiger partial charge in [-0.1, -0.05) is 32.2 Å². The third-order valence-electron chi connectivity index (χ3n) is 4.30. The summed E-state index contributed by atoms with van der Waals surface area (Å²) in [4.78, 5) is 6.95. The minimum atomic E-state index is -3.62. The topological polar surface area (TPSA) is 73.2 Å². The lowest BCUT2D eigenvalue weighted by atomic mass is 9.90. The van der Waals surface area contributed by atoms with E-state index >= 15 is 0 Å². The molecular weight excluding hydrogens is 302 g/mol. The van der Waals surface area contributed by atoms with Gasteiger partial charge in [-0.3, -0.25) is 10.2 Å². The Hall–Kier alpha value is -0.920. The first kappa shape index (κ1) is 17.4. The zero-order valence-corrected chi connectivity index (χ0v) is 15.1. The lowest BCUT2D eigenvalue weighted by Gasteiger charge is -2.37. The van der Waals surface area contributed by atoms with E-state index in [9.17, 15) is 13.6 Å². The molecule has 2 aliphatic rings. The maximum absolute atomic E-state index is 11.6. The Bertz CT molecular complexity index is 616. The van der Waals surface area contributed by atoms with Crippen LogP contribution in [0.2, 0.25) is 0 Å². The summed E-state index contributed by atoms with van der Waals surface area (Å²) >= 11 is 0. The Morgan fingerprint density at radius 2 is 2.00 bits per heavy atom. The summed E-state index contributed by atoms with van der Waals surface area (Å²) in [7, 11) is -3.62. The molecular formula is C15H27N3O3S. The first-order valence-electron chi connectivity index (χ1n) is 7.72. The summed E-state index contributed by atoms with van der Waals surface area (Å²) in [5.74, 6) is 0.969. The van der Waals surface area contributed by atoms with Crippen molar-refractivity contribution in [3.05, 3.63) is 11.3 Å². The van der Waals surface area contributed by atoms with Gasteiger partial charge in [0.25, 0.3) is 0 Å². The maximum atomic E-state index is 11.6. The van der Waals surface area contributed by atoms with Crippen LogP contribution in [0.25, 0.3) is 0 Å². The average Bonchev–Trinajstić information content (AvgIpc) is 2.78. The summed E-state index contributed by atoms with van der Waals surface area (Å²) in [5, 5.41) is 10.0. The van der Waals surface area contributed by atoms with Crippen molar-refractivity contribution in [3.8, 4) is 0 Å². The van der Waals surface area contributed by atoms with E-state index in [1.165, 1.54) is 5.57 Å². The van der Waals surface area contributed by atoms with E-state index < -0.39 is 16.1 Å². The molecule has 1 fully saturated rings. The molecule has 2 atom stereocenters. The SMILES string of the molecule is CCC1=C2C[C@H](N(O)S(C)(=O)=O)CN2C(C(C)(C)C)=N[C@H]1C. The fraction of sp³-hybridized carbons (Fsp3) is 0.800. The van der Waals surface area contributed by atoms with Crippen LogP contribution in [-0.4, -0.2) is 53.7 Å². The number of hydrogen-bond acceptors (Lipinski definition) is 5. The Morgan fingerprint density at radius 1 is 1.41 bits per heavy atom. The molecule has 0 radical (unpaired) electrons. The fourth-order valence-electron chi connectivity index (χ4n) is 3.33. The molecule has 0 aromatic heterocycles. The summed E-state index contributed by atoms with van der Waals surface area (Å²) in [5.41, 5.74) is 2.24. The van der Waals surface area contributed by atoms with Crippen LogP contribution in [0.4, 0.5) is 0 Å². The zero-order valence-electron chi connectivity index (χ0n) is 14.3. The van der Waals surface area contributed by atoms with Crippen LogP contribution in [0, 0.1) is 5.41 Å². The third kappa shape index (κ3) is 3.07. The molecule has 0 unspecified atom stereocenters. The molecule has 0 aromatic rings. The quantitative estimate of drug-likeness (QED) is 0.806. The molecule has 0 aliphatic carbocycles. The van der Waals surface area contributed by atoms with Gasteiger partial charge in [-0.25, -0.2) is 8.42 Å². The van der Waals surface area contributed by atoms with Crippen molar-refractivity contribution >= 4 is 15.9 Å². The van der Waals surface area contributed by atoms with E-state index in [2.05, 4.69) is 39.5 Å². The Kier molecular flexibility index (Phi) is 4.45. The summed E-state index contributed by atoms with van der Waals surface area (Å²) in [6, 6.07) is -0.348. The van der Waals surface area contributed by atoms with Crippen molar-refractivity contribution in [2.75, 3.05) is 12.8 Å². The van der Waals surface area contributed by atoms with Gasteiger partial charge in [0.1, 0.15) is 5.84 Å². The normalized spacial score (nSPS) is 26.5. The highest BCUT2D eigenvalue weighted by Crippen LogP contribution is 2.38. The molecule has 1 N–H and O–H groups in total. The second-order valence-electron chi connectivity index (χ2n) is 7.21. The average molecular weight is 329 g/mol. The molecule has 2 heterocycles. The van der Waals surface area contributed by atoms with Gasteiger partial charge in [-0.2, -0.15) is 0 Å². The van der Waals surface area contributed by atoms with E-state index in [0.29, 0.717) is 17.4 Å². The lowest BCUT2D eigenvalue weighted by Crippen LogP contribution is -2.44. The highest BCUT2D eigenvalue weighted by atomic mass is 32.2. The van der Waals surface area contributed by atoms with Crippen molar-refractivity contribution in [3.63, 3.8) is 0 Å². The maximum Gasteiger partial charge on any atom is 0.233 e. The van der Waals surface area contributed by atoms with E-state index in [0.717, 1.165) is 24.2 Å². The van der Waals surface area contributed by atoms with E-state index in [1.807, 2.05) is 0 Å². The van der Waals surface area contributed by atoms with Crippen LogP contribution in [0.5, 0.6) is 0 Å². The van der Waals surface area contributed by atoms with Crippen molar-refractivity contribution in [2.24, 2.45) is 10.4 Å². The number of fused-ring (bicyclic) bond motifs is 1. The van der Waals surface area contributed by atoms with Crippen molar-refractivity contribution < 1.29 is 13.6 Å². The first-order chi connectivity index (χ1) is 9.96. The van der Waals surface area contributed by atoms with Crippen LogP contribution in [0.15, 0.2) is 16.3 Å². The van der Waals surface area contributed by atoms with Gasteiger partial charge in [0.05, 0.1) is 18.3 Å². The minimum Gasteiger partial charge on any atom is -0.332 e. The number of aliphatic imine (C=N–C) groups is 1. The van der Waals surface area contributed by atoms with E-state index in [4.69, 9.17) is 4.99 Å². The highest BCUT2D eigenvalue weighted by Gasteiger charge is 2.42. The van der Waals surface area contributed by atoms with Gasteiger partial charge in [-0.05, 0) is 18.9 Å². The van der Waals surface area contributed by atoms with Gasteiger partial charge in [0, 0.05) is 24.1 Å². The highest BCUT2D eigenvalue weighted by molar-refractivity contribution is 7.88. The number of hydroxylamine groups is 1. The molecule has 0 bridgehead atoms. The van der Waals surface area contributed by atoms with Gasteiger partial charge >= 0.3 is 0 Å². The van der Waals surface area contributed by atoms with Gasteiger partial charge in [0.15, 0.2) is 0 Å². The third-order valence-corrected chi connectivity index (χ3v) is 5.28. The predicted octanol–water partition coefficient (Wildman–Crippen LogP) is 2.22. The smallest absolute Gasteiger partial charge is 0.233 e. The largest absolute Gasteiger partial charge is 0.332 e. The van der Waals surface area contributed by atoms with Crippen molar-refractivity contribution in [1.82, 2.24) is 9.37 Å². The Morgan fingerprint density at radius 3 is 2.45 bits per heavy atom. The molecule has 7 heteroatoms. The van der Waals surface area contributed by atoms with Crippen molar-refractivity contribution in [2.45, 2.75) is 59.5 Å². The molecule has 0 aromatic carbocycles. The minimum absolute atomic E-state index is 0.106. The van der Waals surface area contributed by atoms with Crippen molar-refractivity contribution in [1.29, 1.82) is 0 Å². The second kappa shape index (κ2) is 5.62. The number of nitrogens with zero attached hydrogens (tertiary/aromatic N) is 3. The number of rotatable bonds is 3. The van der Waals surface area contributed by atoms with Crippen LogP contribution >= 0.6 is 0 Å². The van der Waals surface area contributed by atoms with Crippen LogP contribution < -0.4 is 0 Å². The van der Waals surface area contributed by atoms with E-state index in [1.54, 1.807) is 0 Å². The molecule has 126 valence electrons. The molecule has 0 saturated carbocycles. The van der Waals surface area contributed by atoms with E-state index in [-0.39, 0.29) is 11.5 Å². The number of sulfonamides is 1.